The van der Waals surface area contributed by atoms with Gasteiger partial charge in [-0.1, -0.05) is 15.9 Å². The number of aromatic hydroxyl groups is 1. The predicted molar refractivity (Wildman–Crippen MR) is 59.0 cm³/mol. The molecule has 0 aliphatic carbocycles. The first-order chi connectivity index (χ1) is 7.09. The number of aromatic amines is 1. The van der Waals surface area contributed by atoms with Crippen molar-refractivity contribution in [3.8, 4) is 5.75 Å². The maximum Gasteiger partial charge on any atom is 0.307 e. The second-order valence-corrected chi connectivity index (χ2v) is 4.06. The number of fused-ring (bicyclic) bond motifs is 1. The molecular formula is C10H8BrNO3. The second-order valence-electron chi connectivity index (χ2n) is 3.20. The Morgan fingerprint density at radius 2 is 2.20 bits per heavy atom. The lowest BCUT2D eigenvalue weighted by molar-refractivity contribution is -0.136. The molecule has 0 saturated heterocycles. The van der Waals surface area contributed by atoms with E-state index in [1.807, 2.05) is 0 Å². The quantitative estimate of drug-likeness (QED) is 0.783. The summed E-state index contributed by atoms with van der Waals surface area (Å²) in [5.74, 6) is -0.781. The predicted octanol–water partition coefficient (Wildman–Crippen LogP) is 2.26. The van der Waals surface area contributed by atoms with Gasteiger partial charge < -0.3 is 15.2 Å². The fourth-order valence-corrected chi connectivity index (χ4v) is 2.15. The molecule has 0 unspecified atom stereocenters. The maximum absolute atomic E-state index is 10.6. The van der Waals surface area contributed by atoms with Gasteiger partial charge in [0.25, 0.3) is 0 Å². The number of carbonyl (C=O) groups is 1. The number of nitrogens with one attached hydrogen (secondary N) is 1. The van der Waals surface area contributed by atoms with E-state index in [0.717, 1.165) is 9.86 Å². The molecule has 0 aliphatic rings. The molecule has 0 atom stereocenters. The zero-order valence-corrected chi connectivity index (χ0v) is 9.21. The fourth-order valence-electron chi connectivity index (χ4n) is 1.56. The van der Waals surface area contributed by atoms with Crippen molar-refractivity contribution in [3.05, 3.63) is 28.4 Å². The van der Waals surface area contributed by atoms with E-state index in [-0.39, 0.29) is 12.2 Å². The van der Waals surface area contributed by atoms with Crippen molar-refractivity contribution in [3.63, 3.8) is 0 Å². The number of phenols is 1. The zero-order chi connectivity index (χ0) is 11.0. The van der Waals surface area contributed by atoms with Gasteiger partial charge in [-0.05, 0) is 17.7 Å². The highest BCUT2D eigenvalue weighted by Crippen LogP contribution is 2.32. The molecule has 0 amide bonds. The summed E-state index contributed by atoms with van der Waals surface area (Å²) < 4.78 is 0.771. The van der Waals surface area contributed by atoms with Crippen molar-refractivity contribution >= 4 is 32.8 Å². The highest BCUT2D eigenvalue weighted by atomic mass is 79.9. The molecule has 0 saturated carbocycles. The molecule has 4 nitrogen and oxygen atoms in total. The summed E-state index contributed by atoms with van der Waals surface area (Å²) in [6.07, 6.45) is 1.53. The first-order valence-corrected chi connectivity index (χ1v) is 5.08. The van der Waals surface area contributed by atoms with Crippen LogP contribution < -0.4 is 0 Å². The molecule has 0 fully saturated rings. The van der Waals surface area contributed by atoms with E-state index in [0.29, 0.717) is 11.1 Å². The SMILES string of the molecule is O=C(O)Cc1c[nH]c2c(O)ccc(Br)c12. The van der Waals surface area contributed by atoms with Gasteiger partial charge in [-0.3, -0.25) is 4.79 Å². The number of benzene rings is 1. The van der Waals surface area contributed by atoms with Crippen LogP contribution in [-0.4, -0.2) is 21.2 Å². The summed E-state index contributed by atoms with van der Waals surface area (Å²) in [6, 6.07) is 3.24. The number of aliphatic carboxylic acids is 1. The molecule has 0 bridgehead atoms. The Morgan fingerprint density at radius 1 is 1.47 bits per heavy atom. The molecule has 2 rings (SSSR count). The molecule has 78 valence electrons. The van der Waals surface area contributed by atoms with Gasteiger partial charge in [0, 0.05) is 16.1 Å². The van der Waals surface area contributed by atoms with Crippen LogP contribution in [0.25, 0.3) is 10.9 Å². The number of hydrogen-bond donors (Lipinski definition) is 3. The third kappa shape index (κ3) is 1.70. The van der Waals surface area contributed by atoms with E-state index in [2.05, 4.69) is 20.9 Å². The minimum Gasteiger partial charge on any atom is -0.506 e. The minimum atomic E-state index is -0.897. The van der Waals surface area contributed by atoms with E-state index in [1.54, 1.807) is 18.3 Å². The average molecular weight is 270 g/mol. The van der Waals surface area contributed by atoms with Crippen LogP contribution in [0.1, 0.15) is 5.56 Å². The van der Waals surface area contributed by atoms with Crippen molar-refractivity contribution < 1.29 is 15.0 Å². The Hall–Kier alpha value is -1.49. The van der Waals surface area contributed by atoms with Crippen LogP contribution in [0.4, 0.5) is 0 Å². The minimum absolute atomic E-state index is 0.0674. The van der Waals surface area contributed by atoms with Crippen molar-refractivity contribution in [1.29, 1.82) is 0 Å². The molecule has 0 aliphatic heterocycles. The first-order valence-electron chi connectivity index (χ1n) is 4.29. The Labute approximate surface area is 93.7 Å². The van der Waals surface area contributed by atoms with Gasteiger partial charge in [0.2, 0.25) is 0 Å². The Balaban J connectivity index is 2.67. The van der Waals surface area contributed by atoms with Crippen LogP contribution in [0, 0.1) is 0 Å². The maximum atomic E-state index is 10.6. The van der Waals surface area contributed by atoms with Gasteiger partial charge in [-0.25, -0.2) is 0 Å². The lowest BCUT2D eigenvalue weighted by atomic mass is 10.1. The third-order valence-corrected chi connectivity index (χ3v) is 2.85. The third-order valence-electron chi connectivity index (χ3n) is 2.19. The van der Waals surface area contributed by atoms with Crippen LogP contribution in [0.5, 0.6) is 5.75 Å². The lowest BCUT2D eigenvalue weighted by Gasteiger charge is -1.99. The number of carboxylic acid groups (broad SMARTS) is 1. The van der Waals surface area contributed by atoms with Crippen LogP contribution in [0.15, 0.2) is 22.8 Å². The van der Waals surface area contributed by atoms with Gasteiger partial charge in [-0.2, -0.15) is 0 Å². The molecule has 3 N–H and O–H groups in total. The summed E-state index contributed by atoms with van der Waals surface area (Å²) in [5.41, 5.74) is 1.21. The molecule has 0 spiro atoms. The first kappa shape index (κ1) is 10.0. The molecule has 1 heterocycles. The van der Waals surface area contributed by atoms with Crippen molar-refractivity contribution in [2.24, 2.45) is 0 Å². The van der Waals surface area contributed by atoms with Crippen LogP contribution >= 0.6 is 15.9 Å². The number of hydrogen-bond acceptors (Lipinski definition) is 2. The number of rotatable bonds is 2. The second kappa shape index (κ2) is 3.58. The van der Waals surface area contributed by atoms with Gasteiger partial charge in [0.15, 0.2) is 0 Å². The highest BCUT2D eigenvalue weighted by Gasteiger charge is 2.12. The lowest BCUT2D eigenvalue weighted by Crippen LogP contribution is -1.98. The fraction of sp³-hybridized carbons (Fsp3) is 0.100. The van der Waals surface area contributed by atoms with Gasteiger partial charge in [-0.15, -0.1) is 0 Å². The van der Waals surface area contributed by atoms with Crippen LogP contribution in [-0.2, 0) is 11.2 Å². The molecular weight excluding hydrogens is 262 g/mol. The molecule has 5 heteroatoms. The van der Waals surface area contributed by atoms with Gasteiger partial charge >= 0.3 is 5.97 Å². The Morgan fingerprint density at radius 3 is 2.87 bits per heavy atom. The monoisotopic (exact) mass is 269 g/mol. The number of aromatic nitrogens is 1. The number of carboxylic acids is 1. The van der Waals surface area contributed by atoms with Crippen LogP contribution in [0.2, 0.25) is 0 Å². The Kier molecular flexibility index (Phi) is 2.40. The van der Waals surface area contributed by atoms with E-state index in [4.69, 9.17) is 5.11 Å². The highest BCUT2D eigenvalue weighted by molar-refractivity contribution is 9.10. The molecule has 1 aromatic carbocycles. The molecule has 15 heavy (non-hydrogen) atoms. The smallest absolute Gasteiger partial charge is 0.307 e. The summed E-state index contributed by atoms with van der Waals surface area (Å²) in [5, 5.41) is 19.0. The Bertz CT molecular complexity index is 533. The van der Waals surface area contributed by atoms with E-state index in [9.17, 15) is 9.90 Å². The topological polar surface area (TPSA) is 73.3 Å². The van der Waals surface area contributed by atoms with Gasteiger partial charge in [0.05, 0.1) is 11.9 Å². The average Bonchev–Trinajstić information content (AvgIpc) is 2.56. The van der Waals surface area contributed by atoms with E-state index >= 15 is 0 Å². The van der Waals surface area contributed by atoms with Crippen molar-refractivity contribution in [2.75, 3.05) is 0 Å². The zero-order valence-electron chi connectivity index (χ0n) is 7.62. The van der Waals surface area contributed by atoms with Crippen molar-refractivity contribution in [1.82, 2.24) is 4.98 Å². The standard InChI is InChI=1S/C10H8BrNO3/c11-6-1-2-7(13)10-9(6)5(4-12-10)3-8(14)15/h1-2,4,12-13H,3H2,(H,14,15). The number of phenolic OH excluding ortho intramolecular Hbond substituents is 1. The van der Waals surface area contributed by atoms with Gasteiger partial charge in [0.1, 0.15) is 5.75 Å². The summed E-state index contributed by atoms with van der Waals surface area (Å²) in [6.45, 7) is 0. The summed E-state index contributed by atoms with van der Waals surface area (Å²) in [4.78, 5) is 13.5. The summed E-state index contributed by atoms with van der Waals surface area (Å²) in [7, 11) is 0. The number of H-pyrrole nitrogens is 1. The summed E-state index contributed by atoms with van der Waals surface area (Å²) >= 11 is 3.33. The van der Waals surface area contributed by atoms with E-state index in [1.165, 1.54) is 0 Å². The van der Waals surface area contributed by atoms with Crippen LogP contribution in [0.3, 0.4) is 0 Å². The van der Waals surface area contributed by atoms with E-state index < -0.39 is 5.97 Å². The largest absolute Gasteiger partial charge is 0.506 e. The van der Waals surface area contributed by atoms with Crippen molar-refractivity contribution in [2.45, 2.75) is 6.42 Å². The molecule has 2 aromatic rings. The normalized spacial score (nSPS) is 10.7. The number of halogens is 1. The molecule has 1 aromatic heterocycles. The molecule has 0 radical (unpaired) electrons.